The zero-order valence-electron chi connectivity index (χ0n) is 14.6. The number of carbonyl (C=O) groups excluding carboxylic acids is 1. The second kappa shape index (κ2) is 6.88. The first kappa shape index (κ1) is 17.5. The molecule has 2 heterocycles. The van der Waals surface area contributed by atoms with E-state index in [2.05, 4.69) is 21.1 Å². The smallest absolute Gasteiger partial charge is 0.202 e. The molecule has 0 saturated carbocycles. The van der Waals surface area contributed by atoms with Gasteiger partial charge in [0.2, 0.25) is 5.78 Å². The Kier molecular flexibility index (Phi) is 4.81. The van der Waals surface area contributed by atoms with Crippen LogP contribution in [0.5, 0.6) is 5.75 Å². The maximum Gasteiger partial charge on any atom is 0.202 e. The van der Waals surface area contributed by atoms with E-state index in [-0.39, 0.29) is 12.4 Å². The monoisotopic (exact) mass is 402 g/mol. The minimum Gasteiger partial charge on any atom is -0.484 e. The predicted octanol–water partition coefficient (Wildman–Crippen LogP) is 4.72. The molecule has 0 saturated heterocycles. The molecule has 5 nitrogen and oxygen atoms in total. The molecule has 3 aromatic rings. The van der Waals surface area contributed by atoms with Crippen molar-refractivity contribution in [3.63, 3.8) is 0 Å². The van der Waals surface area contributed by atoms with Gasteiger partial charge in [0, 0.05) is 23.0 Å². The van der Waals surface area contributed by atoms with Gasteiger partial charge in [0.25, 0.3) is 0 Å². The molecule has 0 aliphatic rings. The van der Waals surface area contributed by atoms with Crippen LogP contribution in [0.1, 0.15) is 33.1 Å². The van der Waals surface area contributed by atoms with Crippen LogP contribution in [0.15, 0.2) is 39.3 Å². The highest BCUT2D eigenvalue weighted by molar-refractivity contribution is 9.10. The fourth-order valence-electron chi connectivity index (χ4n) is 2.80. The van der Waals surface area contributed by atoms with Crippen molar-refractivity contribution in [2.75, 3.05) is 6.61 Å². The van der Waals surface area contributed by atoms with E-state index in [1.807, 2.05) is 62.6 Å². The SMILES string of the molecule is Cc1ccc(OCC(=O)c2cc(C)n(-c3cc(C)on3)c2C)c(Br)c1. The van der Waals surface area contributed by atoms with Crippen LogP contribution in [0.25, 0.3) is 5.82 Å². The van der Waals surface area contributed by atoms with Gasteiger partial charge in [-0.05, 0) is 67.4 Å². The van der Waals surface area contributed by atoms with Gasteiger partial charge in [-0.3, -0.25) is 9.36 Å². The van der Waals surface area contributed by atoms with Crippen molar-refractivity contribution in [2.24, 2.45) is 0 Å². The fraction of sp³-hybridized carbons (Fsp3) is 0.263. The van der Waals surface area contributed by atoms with Crippen LogP contribution in [0.2, 0.25) is 0 Å². The molecule has 25 heavy (non-hydrogen) atoms. The van der Waals surface area contributed by atoms with E-state index in [1.165, 1.54) is 0 Å². The molecule has 0 unspecified atom stereocenters. The van der Waals surface area contributed by atoms with E-state index in [9.17, 15) is 4.79 Å². The Balaban J connectivity index is 1.81. The summed E-state index contributed by atoms with van der Waals surface area (Å²) in [5.41, 5.74) is 3.49. The molecule has 0 radical (unpaired) electrons. The standard InChI is InChI=1S/C19H19BrN2O3/c1-11-5-6-18(16(20)7-11)24-10-17(23)15-8-12(2)22(14(15)4)19-9-13(3)25-21-19/h5-9H,10H2,1-4H3. The average molecular weight is 403 g/mol. The van der Waals surface area contributed by atoms with Crippen molar-refractivity contribution in [1.29, 1.82) is 0 Å². The van der Waals surface area contributed by atoms with Gasteiger partial charge in [0.15, 0.2) is 12.4 Å². The van der Waals surface area contributed by atoms with Crippen molar-refractivity contribution in [3.05, 3.63) is 63.1 Å². The Bertz CT molecular complexity index is 940. The number of Topliss-reactive ketones (excluding diaryl/α,β-unsaturated/α-hetero) is 1. The molecule has 0 spiro atoms. The molecule has 3 rings (SSSR count). The van der Waals surface area contributed by atoms with E-state index in [1.54, 1.807) is 0 Å². The van der Waals surface area contributed by atoms with Gasteiger partial charge in [-0.15, -0.1) is 0 Å². The van der Waals surface area contributed by atoms with Gasteiger partial charge in [-0.2, -0.15) is 0 Å². The number of halogens is 1. The summed E-state index contributed by atoms with van der Waals surface area (Å²) in [5, 5.41) is 4.03. The highest BCUT2D eigenvalue weighted by Crippen LogP contribution is 2.26. The number of rotatable bonds is 5. The van der Waals surface area contributed by atoms with E-state index < -0.39 is 0 Å². The number of hydrogen-bond acceptors (Lipinski definition) is 4. The molecule has 1 aromatic carbocycles. The minimum atomic E-state index is -0.0768. The van der Waals surface area contributed by atoms with Gasteiger partial charge < -0.3 is 9.26 Å². The van der Waals surface area contributed by atoms with Crippen LogP contribution < -0.4 is 4.74 Å². The molecule has 6 heteroatoms. The van der Waals surface area contributed by atoms with E-state index in [0.717, 1.165) is 27.2 Å². The Morgan fingerprint density at radius 1 is 1.20 bits per heavy atom. The molecule has 2 aromatic heterocycles. The van der Waals surface area contributed by atoms with E-state index in [4.69, 9.17) is 9.26 Å². The quantitative estimate of drug-likeness (QED) is 0.579. The first-order valence-electron chi connectivity index (χ1n) is 7.91. The third-order valence-electron chi connectivity index (χ3n) is 4.02. The topological polar surface area (TPSA) is 57.3 Å². The second-order valence-corrected chi connectivity index (χ2v) is 6.92. The van der Waals surface area contributed by atoms with Gasteiger partial charge in [0.05, 0.1) is 4.47 Å². The van der Waals surface area contributed by atoms with Gasteiger partial charge in [-0.25, -0.2) is 0 Å². The molecule has 0 aliphatic carbocycles. The Morgan fingerprint density at radius 3 is 2.60 bits per heavy atom. The zero-order chi connectivity index (χ0) is 18.1. The van der Waals surface area contributed by atoms with Gasteiger partial charge >= 0.3 is 0 Å². The molecule has 0 N–H and O–H groups in total. The number of aromatic nitrogens is 2. The molecular formula is C19H19BrN2O3. The van der Waals surface area contributed by atoms with Crippen LogP contribution in [0, 0.1) is 27.7 Å². The van der Waals surface area contributed by atoms with E-state index >= 15 is 0 Å². The Morgan fingerprint density at radius 2 is 1.96 bits per heavy atom. The summed E-state index contributed by atoms with van der Waals surface area (Å²) in [6, 6.07) is 9.46. The number of carbonyl (C=O) groups is 1. The first-order chi connectivity index (χ1) is 11.9. The molecule has 0 aliphatic heterocycles. The average Bonchev–Trinajstić information content (AvgIpc) is 3.09. The summed E-state index contributed by atoms with van der Waals surface area (Å²) in [5.74, 6) is 1.98. The minimum absolute atomic E-state index is 0.0240. The number of aryl methyl sites for hydroxylation is 3. The summed E-state index contributed by atoms with van der Waals surface area (Å²) in [7, 11) is 0. The van der Waals surface area contributed by atoms with Crippen LogP contribution in [0.3, 0.4) is 0 Å². The highest BCUT2D eigenvalue weighted by Gasteiger charge is 2.19. The van der Waals surface area contributed by atoms with Crippen molar-refractivity contribution in [1.82, 2.24) is 9.72 Å². The third kappa shape index (κ3) is 3.54. The maximum atomic E-state index is 12.6. The Labute approximate surface area is 154 Å². The third-order valence-corrected chi connectivity index (χ3v) is 4.64. The lowest BCUT2D eigenvalue weighted by atomic mass is 10.1. The maximum absolute atomic E-state index is 12.6. The van der Waals surface area contributed by atoms with Crippen molar-refractivity contribution in [2.45, 2.75) is 27.7 Å². The number of ether oxygens (including phenoxy) is 1. The zero-order valence-corrected chi connectivity index (χ0v) is 16.2. The van der Waals surface area contributed by atoms with Gasteiger partial charge in [0.1, 0.15) is 11.5 Å². The lowest BCUT2D eigenvalue weighted by molar-refractivity contribution is 0.0920. The van der Waals surface area contributed by atoms with Crippen molar-refractivity contribution in [3.8, 4) is 11.6 Å². The molecule has 130 valence electrons. The van der Waals surface area contributed by atoms with Crippen LogP contribution in [0.4, 0.5) is 0 Å². The second-order valence-electron chi connectivity index (χ2n) is 6.06. The van der Waals surface area contributed by atoms with Gasteiger partial charge in [-0.1, -0.05) is 11.2 Å². The summed E-state index contributed by atoms with van der Waals surface area (Å²) in [6.07, 6.45) is 0. The number of ketones is 1. The molecular weight excluding hydrogens is 384 g/mol. The Hall–Kier alpha value is -2.34. The lowest BCUT2D eigenvalue weighted by Crippen LogP contribution is -2.13. The molecule has 0 amide bonds. The summed E-state index contributed by atoms with van der Waals surface area (Å²) in [4.78, 5) is 12.6. The summed E-state index contributed by atoms with van der Waals surface area (Å²) in [6.45, 7) is 7.64. The van der Waals surface area contributed by atoms with Crippen LogP contribution >= 0.6 is 15.9 Å². The van der Waals surface area contributed by atoms with Crippen LogP contribution in [-0.2, 0) is 0 Å². The lowest BCUT2D eigenvalue weighted by Gasteiger charge is -2.08. The van der Waals surface area contributed by atoms with E-state index in [0.29, 0.717) is 17.1 Å². The molecule has 0 atom stereocenters. The van der Waals surface area contributed by atoms with Crippen molar-refractivity contribution >= 4 is 21.7 Å². The summed E-state index contributed by atoms with van der Waals surface area (Å²) < 4.78 is 13.6. The normalized spacial score (nSPS) is 10.9. The molecule has 0 bridgehead atoms. The van der Waals surface area contributed by atoms with Crippen LogP contribution in [-0.4, -0.2) is 22.1 Å². The number of benzene rings is 1. The highest BCUT2D eigenvalue weighted by atomic mass is 79.9. The largest absolute Gasteiger partial charge is 0.484 e. The molecule has 0 fully saturated rings. The number of hydrogen-bond donors (Lipinski definition) is 0. The fourth-order valence-corrected chi connectivity index (χ4v) is 3.41. The number of nitrogens with zero attached hydrogens (tertiary/aromatic N) is 2. The predicted molar refractivity (Wildman–Crippen MR) is 98.7 cm³/mol. The van der Waals surface area contributed by atoms with Crippen molar-refractivity contribution < 1.29 is 14.1 Å². The first-order valence-corrected chi connectivity index (χ1v) is 8.71. The summed E-state index contributed by atoms with van der Waals surface area (Å²) >= 11 is 3.46.